The molecule has 1 saturated heterocycles. The first-order valence-electron chi connectivity index (χ1n) is 11.2. The molecular weight excluding hydrogens is 418 g/mol. The van der Waals surface area contributed by atoms with Gasteiger partial charge in [0, 0.05) is 37.3 Å². The molecule has 3 heterocycles. The fourth-order valence-electron chi connectivity index (χ4n) is 4.21. The minimum absolute atomic E-state index is 0.00696. The van der Waals surface area contributed by atoms with Gasteiger partial charge >= 0.3 is 0 Å². The summed E-state index contributed by atoms with van der Waals surface area (Å²) in [5, 5.41) is 4.57. The van der Waals surface area contributed by atoms with E-state index in [0.717, 1.165) is 35.4 Å². The number of amides is 1. The van der Waals surface area contributed by atoms with Crippen molar-refractivity contribution in [2.24, 2.45) is 5.92 Å². The Balaban J connectivity index is 1.17. The van der Waals surface area contributed by atoms with Gasteiger partial charge in [0.2, 0.25) is 12.7 Å². The van der Waals surface area contributed by atoms with Crippen LogP contribution < -0.4 is 15.0 Å². The smallest absolute Gasteiger partial charge is 0.266 e. The molecule has 1 aromatic heterocycles. The summed E-state index contributed by atoms with van der Waals surface area (Å²) < 4.78 is 12.3. The fourth-order valence-corrected chi connectivity index (χ4v) is 4.21. The first kappa shape index (κ1) is 21.0. The van der Waals surface area contributed by atoms with Crippen LogP contribution in [0.25, 0.3) is 17.3 Å². The van der Waals surface area contributed by atoms with Crippen molar-refractivity contribution in [1.29, 1.82) is 0 Å². The van der Waals surface area contributed by atoms with Crippen molar-refractivity contribution in [2.75, 3.05) is 19.9 Å². The number of benzene rings is 2. The Kier molecular flexibility index (Phi) is 5.93. The Labute approximate surface area is 191 Å². The van der Waals surface area contributed by atoms with E-state index >= 15 is 0 Å². The average Bonchev–Trinajstić information content (AvgIpc) is 3.33. The molecule has 0 unspecified atom stereocenters. The molecule has 2 aliphatic rings. The molecule has 0 bridgehead atoms. The molecule has 0 N–H and O–H groups in total. The molecule has 0 aliphatic carbocycles. The third-order valence-corrected chi connectivity index (χ3v) is 6.11. The summed E-state index contributed by atoms with van der Waals surface area (Å²) in [4.78, 5) is 26.8. The van der Waals surface area contributed by atoms with Crippen LogP contribution in [-0.4, -0.2) is 40.5 Å². The van der Waals surface area contributed by atoms with Crippen molar-refractivity contribution >= 4 is 12.0 Å². The summed E-state index contributed by atoms with van der Waals surface area (Å²) in [6.45, 7) is 2.13. The minimum Gasteiger partial charge on any atom is -0.454 e. The van der Waals surface area contributed by atoms with Crippen LogP contribution in [0.2, 0.25) is 0 Å². The van der Waals surface area contributed by atoms with Crippen LogP contribution in [-0.2, 0) is 11.3 Å². The van der Waals surface area contributed by atoms with Gasteiger partial charge < -0.3 is 14.4 Å². The molecule has 0 spiro atoms. The summed E-state index contributed by atoms with van der Waals surface area (Å²) in [6, 6.07) is 18.8. The molecule has 33 heavy (non-hydrogen) atoms. The van der Waals surface area contributed by atoms with E-state index < -0.39 is 0 Å². The lowest BCUT2D eigenvalue weighted by Gasteiger charge is -2.31. The van der Waals surface area contributed by atoms with Gasteiger partial charge in [-0.2, -0.15) is 5.10 Å². The van der Waals surface area contributed by atoms with E-state index in [2.05, 4.69) is 5.10 Å². The van der Waals surface area contributed by atoms with Crippen molar-refractivity contribution in [3.63, 3.8) is 0 Å². The van der Waals surface area contributed by atoms with Gasteiger partial charge in [-0.05, 0) is 48.6 Å². The second-order valence-corrected chi connectivity index (χ2v) is 8.32. The van der Waals surface area contributed by atoms with Crippen molar-refractivity contribution < 1.29 is 14.3 Å². The summed E-state index contributed by atoms with van der Waals surface area (Å²) in [6.07, 6.45) is 5.09. The number of carbonyl (C=O) groups excluding carboxylic acids is 1. The highest BCUT2D eigenvalue weighted by atomic mass is 16.7. The van der Waals surface area contributed by atoms with Gasteiger partial charge in [-0.1, -0.05) is 36.4 Å². The van der Waals surface area contributed by atoms with Crippen molar-refractivity contribution in [3.8, 4) is 22.8 Å². The van der Waals surface area contributed by atoms with Crippen molar-refractivity contribution in [2.45, 2.75) is 19.4 Å². The lowest BCUT2D eigenvalue weighted by Crippen LogP contribution is -2.39. The Morgan fingerprint density at radius 2 is 1.79 bits per heavy atom. The van der Waals surface area contributed by atoms with Gasteiger partial charge in [-0.25, -0.2) is 4.68 Å². The molecule has 1 amide bonds. The predicted octanol–water partition coefficient (Wildman–Crippen LogP) is 3.59. The lowest BCUT2D eigenvalue weighted by atomic mass is 9.96. The maximum atomic E-state index is 12.6. The van der Waals surface area contributed by atoms with E-state index in [1.807, 2.05) is 53.4 Å². The molecule has 2 aliphatic heterocycles. The van der Waals surface area contributed by atoms with Crippen LogP contribution in [0.4, 0.5) is 0 Å². The molecule has 7 heteroatoms. The van der Waals surface area contributed by atoms with Crippen molar-refractivity contribution in [3.05, 3.63) is 82.7 Å². The number of hydrogen-bond acceptors (Lipinski definition) is 5. The van der Waals surface area contributed by atoms with E-state index in [0.29, 0.717) is 31.3 Å². The summed E-state index contributed by atoms with van der Waals surface area (Å²) >= 11 is 0. The highest BCUT2D eigenvalue weighted by Crippen LogP contribution is 2.32. The number of likely N-dealkylation sites (tertiary alicyclic amines) is 1. The quantitative estimate of drug-likeness (QED) is 0.564. The maximum Gasteiger partial charge on any atom is 0.266 e. The third kappa shape index (κ3) is 4.82. The molecule has 2 aromatic carbocycles. The Morgan fingerprint density at radius 3 is 2.61 bits per heavy atom. The standard InChI is InChI=1S/C26H25N3O4/c30-25(10-7-19-6-9-23-24(16-19)33-18-32-23)28-14-12-20(13-15-28)17-29-26(31)11-8-22(27-29)21-4-2-1-3-5-21/h1-11,16,20H,12-15,17-18H2/b10-7+. The summed E-state index contributed by atoms with van der Waals surface area (Å²) in [7, 11) is 0. The number of ether oxygens (including phenoxy) is 2. The number of aromatic nitrogens is 2. The SMILES string of the molecule is O=C(/C=C/c1ccc2c(c1)OCO2)N1CCC(Cn2nc(-c3ccccc3)ccc2=O)CC1. The number of fused-ring (bicyclic) bond motifs is 1. The molecule has 0 saturated carbocycles. The van der Waals surface area contributed by atoms with Crippen LogP contribution in [0.3, 0.4) is 0 Å². The van der Waals surface area contributed by atoms with Gasteiger partial charge in [0.05, 0.1) is 5.69 Å². The van der Waals surface area contributed by atoms with Gasteiger partial charge in [-0.15, -0.1) is 0 Å². The molecule has 0 radical (unpaired) electrons. The van der Waals surface area contributed by atoms with E-state index in [4.69, 9.17) is 9.47 Å². The number of carbonyl (C=O) groups is 1. The molecule has 5 rings (SSSR count). The normalized spacial score (nSPS) is 15.8. The summed E-state index contributed by atoms with van der Waals surface area (Å²) in [5.74, 6) is 1.73. The van der Waals surface area contributed by atoms with Crippen LogP contribution in [0.5, 0.6) is 11.5 Å². The number of piperidine rings is 1. The van der Waals surface area contributed by atoms with Crippen LogP contribution in [0, 0.1) is 5.92 Å². The lowest BCUT2D eigenvalue weighted by molar-refractivity contribution is -0.127. The second-order valence-electron chi connectivity index (χ2n) is 8.32. The van der Waals surface area contributed by atoms with E-state index in [1.165, 1.54) is 0 Å². The monoisotopic (exact) mass is 443 g/mol. The molecule has 168 valence electrons. The highest BCUT2D eigenvalue weighted by Gasteiger charge is 2.22. The zero-order chi connectivity index (χ0) is 22.6. The zero-order valence-electron chi connectivity index (χ0n) is 18.2. The summed E-state index contributed by atoms with van der Waals surface area (Å²) in [5.41, 5.74) is 2.57. The molecule has 3 aromatic rings. The third-order valence-electron chi connectivity index (χ3n) is 6.11. The van der Waals surface area contributed by atoms with E-state index in [-0.39, 0.29) is 18.3 Å². The molecular formula is C26H25N3O4. The molecule has 1 fully saturated rings. The van der Waals surface area contributed by atoms with E-state index in [9.17, 15) is 9.59 Å². The number of hydrogen-bond donors (Lipinski definition) is 0. The topological polar surface area (TPSA) is 73.7 Å². The van der Waals surface area contributed by atoms with Crippen LogP contribution in [0.15, 0.2) is 71.5 Å². The predicted molar refractivity (Wildman–Crippen MR) is 125 cm³/mol. The highest BCUT2D eigenvalue weighted by molar-refractivity contribution is 5.92. The van der Waals surface area contributed by atoms with Crippen molar-refractivity contribution in [1.82, 2.24) is 14.7 Å². The van der Waals surface area contributed by atoms with Gasteiger partial charge in [0.15, 0.2) is 11.5 Å². The van der Waals surface area contributed by atoms with Gasteiger partial charge in [0.25, 0.3) is 5.56 Å². The maximum absolute atomic E-state index is 12.6. The van der Waals surface area contributed by atoms with E-state index in [1.54, 1.807) is 29.0 Å². The van der Waals surface area contributed by atoms with Crippen LogP contribution in [0.1, 0.15) is 18.4 Å². The first-order valence-corrected chi connectivity index (χ1v) is 11.2. The zero-order valence-corrected chi connectivity index (χ0v) is 18.2. The first-order chi connectivity index (χ1) is 16.2. The Bertz CT molecular complexity index is 1230. The Hall–Kier alpha value is -3.87. The van der Waals surface area contributed by atoms with Gasteiger partial charge in [-0.3, -0.25) is 9.59 Å². The van der Waals surface area contributed by atoms with Crippen LogP contribution >= 0.6 is 0 Å². The minimum atomic E-state index is -0.0974. The molecule has 7 nitrogen and oxygen atoms in total. The largest absolute Gasteiger partial charge is 0.454 e. The Morgan fingerprint density at radius 1 is 1.00 bits per heavy atom. The molecule has 0 atom stereocenters. The second kappa shape index (κ2) is 9.32. The fraction of sp³-hybridized carbons (Fsp3) is 0.269. The number of nitrogens with zero attached hydrogens (tertiary/aromatic N) is 3. The number of rotatable bonds is 5. The average molecular weight is 444 g/mol. The van der Waals surface area contributed by atoms with Gasteiger partial charge in [0.1, 0.15) is 0 Å².